The van der Waals surface area contributed by atoms with E-state index >= 15 is 0 Å². The van der Waals surface area contributed by atoms with E-state index in [1.165, 1.54) is 6.42 Å². The quantitative estimate of drug-likeness (QED) is 0.100. The fourth-order valence-corrected chi connectivity index (χ4v) is 6.84. The van der Waals surface area contributed by atoms with Gasteiger partial charge in [-0.3, -0.25) is 9.59 Å². The van der Waals surface area contributed by atoms with Crippen molar-refractivity contribution < 1.29 is 9.59 Å². The van der Waals surface area contributed by atoms with Crippen LogP contribution in [0.4, 0.5) is 0 Å². The van der Waals surface area contributed by atoms with Gasteiger partial charge in [-0.25, -0.2) is 0 Å². The average Bonchev–Trinajstić information content (AvgIpc) is 3.12. The zero-order valence-electron chi connectivity index (χ0n) is 27.2. The summed E-state index contributed by atoms with van der Waals surface area (Å²) >= 11 is 0. The van der Waals surface area contributed by atoms with Crippen molar-refractivity contribution in [3.63, 3.8) is 0 Å². The van der Waals surface area contributed by atoms with E-state index in [0.29, 0.717) is 0 Å². The second-order valence-corrected chi connectivity index (χ2v) is 10.6. The molecule has 224 valence electrons. The highest BCUT2D eigenvalue weighted by Crippen LogP contribution is 2.50. The lowest BCUT2D eigenvalue weighted by molar-refractivity contribution is 0.103. The summed E-state index contributed by atoms with van der Waals surface area (Å²) in [6, 6.07) is 32.7. The van der Waals surface area contributed by atoms with Crippen LogP contribution in [-0.2, 0) is 0 Å². The topological polar surface area (TPSA) is 34.1 Å². The Morgan fingerprint density at radius 3 is 0.956 bits per heavy atom. The molecule has 0 aromatic heterocycles. The fraction of sp³-hybridized carbons (Fsp3) is 0.163. The van der Waals surface area contributed by atoms with E-state index in [2.05, 4.69) is 63.4 Å². The third-order valence-corrected chi connectivity index (χ3v) is 8.31. The Hall–Kier alpha value is -5.08. The van der Waals surface area contributed by atoms with Crippen molar-refractivity contribution in [3.8, 4) is 22.3 Å². The zero-order valence-corrected chi connectivity index (χ0v) is 27.2. The maximum Gasteiger partial charge on any atom is 0.194 e. The van der Waals surface area contributed by atoms with Gasteiger partial charge in [0.2, 0.25) is 0 Å². The molecule has 7 aromatic carbocycles. The van der Waals surface area contributed by atoms with Crippen LogP contribution >= 0.6 is 0 Å². The van der Waals surface area contributed by atoms with E-state index in [1.807, 2.05) is 88.4 Å². The third kappa shape index (κ3) is 4.47. The van der Waals surface area contributed by atoms with Gasteiger partial charge in [0, 0.05) is 33.0 Å². The Labute approximate surface area is 266 Å². The highest BCUT2D eigenvalue weighted by atomic mass is 16.1. The molecule has 9 rings (SSSR count). The first-order valence-electron chi connectivity index (χ1n) is 16.1. The molecule has 0 amide bonds. The highest BCUT2D eigenvalue weighted by Gasteiger charge is 2.30. The molecule has 45 heavy (non-hydrogen) atoms. The van der Waals surface area contributed by atoms with Crippen molar-refractivity contribution in [1.82, 2.24) is 0 Å². The molecule has 0 fully saturated rings. The van der Waals surface area contributed by atoms with Crippen molar-refractivity contribution >= 4 is 54.7 Å². The molecule has 0 N–H and O–H groups in total. The molecule has 0 saturated heterocycles. The van der Waals surface area contributed by atoms with Crippen molar-refractivity contribution in [3.05, 3.63) is 132 Å². The SMILES string of the molecule is C=C.CC.CC.CCC.O=C1c2ccccc2-c2ccc3c4ccc5c6c(ccc(c7ccc1c2c73)c64)-c1ccccc1C5=O. The Balaban J connectivity index is 0.000000409. The minimum atomic E-state index is 0.0834. The summed E-state index contributed by atoms with van der Waals surface area (Å²) < 4.78 is 0. The first-order valence-corrected chi connectivity index (χ1v) is 16.1. The van der Waals surface area contributed by atoms with Gasteiger partial charge in [-0.05, 0) is 66.7 Å². The maximum atomic E-state index is 13.5. The van der Waals surface area contributed by atoms with Crippen LogP contribution in [0.25, 0.3) is 65.3 Å². The van der Waals surface area contributed by atoms with Gasteiger partial charge in [0.05, 0.1) is 0 Å². The van der Waals surface area contributed by atoms with Crippen molar-refractivity contribution in [2.24, 2.45) is 0 Å². The summed E-state index contributed by atoms with van der Waals surface area (Å²) in [5.74, 6) is 0.167. The van der Waals surface area contributed by atoms with E-state index in [0.717, 1.165) is 87.6 Å². The van der Waals surface area contributed by atoms with Gasteiger partial charge in [0.1, 0.15) is 0 Å². The Kier molecular flexibility index (Phi) is 8.97. The van der Waals surface area contributed by atoms with Gasteiger partial charge in [-0.15, -0.1) is 13.2 Å². The molecule has 0 radical (unpaired) electrons. The number of fused-ring (bicyclic) bond motifs is 6. The molecule has 0 aliphatic heterocycles. The molecule has 2 aliphatic rings. The lowest BCUT2D eigenvalue weighted by Gasteiger charge is -2.25. The van der Waals surface area contributed by atoms with Crippen LogP contribution in [-0.4, -0.2) is 11.6 Å². The molecule has 7 aromatic rings. The standard InChI is InChI=1S/C34H16O2.C3H8.2C2H6.C2H4/c35-33-25-7-3-1-5-17(25)19-9-11-21-24-14-16-28-32-20(18-6-2-4-8-26(18)34(28)36)10-12-22(30(24)32)23-13-15-27(33)31(19)29(21)23;1-3-2;3*1-2/h1-16H;3H2,1-2H3;2*1-2H3;1-2H2. The van der Waals surface area contributed by atoms with E-state index < -0.39 is 0 Å². The molecule has 0 unspecified atom stereocenters. The molecule has 0 atom stereocenters. The number of carbonyl (C=O) groups is 2. The smallest absolute Gasteiger partial charge is 0.194 e. The predicted molar refractivity (Wildman–Crippen MR) is 195 cm³/mol. The first-order chi connectivity index (χ1) is 22.1. The summed E-state index contributed by atoms with van der Waals surface area (Å²) in [6.07, 6.45) is 1.25. The molecular formula is C43H40O2. The molecule has 2 nitrogen and oxygen atoms in total. The van der Waals surface area contributed by atoms with Gasteiger partial charge >= 0.3 is 0 Å². The van der Waals surface area contributed by atoms with Gasteiger partial charge in [-0.2, -0.15) is 0 Å². The zero-order chi connectivity index (χ0) is 32.4. The number of carbonyl (C=O) groups excluding carboxylic acids is 2. The largest absolute Gasteiger partial charge is 0.289 e. The Bertz CT molecular complexity index is 2040. The lowest BCUT2D eigenvalue weighted by atomic mass is 9.77. The summed E-state index contributed by atoms with van der Waals surface area (Å²) in [7, 11) is 0. The summed E-state index contributed by atoms with van der Waals surface area (Å²) in [6.45, 7) is 18.2. The van der Waals surface area contributed by atoms with E-state index in [1.54, 1.807) is 0 Å². The number of rotatable bonds is 0. The van der Waals surface area contributed by atoms with Crippen LogP contribution in [0.2, 0.25) is 0 Å². The second kappa shape index (κ2) is 12.9. The van der Waals surface area contributed by atoms with Crippen LogP contribution < -0.4 is 0 Å². The summed E-state index contributed by atoms with van der Waals surface area (Å²) in [4.78, 5) is 27.0. The van der Waals surface area contributed by atoms with Crippen molar-refractivity contribution in [2.45, 2.75) is 48.0 Å². The Morgan fingerprint density at radius 1 is 0.378 bits per heavy atom. The van der Waals surface area contributed by atoms with Gasteiger partial charge in [-0.1, -0.05) is 133 Å². The molecule has 0 spiro atoms. The van der Waals surface area contributed by atoms with Gasteiger partial charge in [0.25, 0.3) is 0 Å². The van der Waals surface area contributed by atoms with Crippen LogP contribution in [0.3, 0.4) is 0 Å². The molecule has 0 saturated carbocycles. The monoisotopic (exact) mass is 588 g/mol. The van der Waals surface area contributed by atoms with Crippen molar-refractivity contribution in [2.75, 3.05) is 0 Å². The maximum absolute atomic E-state index is 13.5. The Morgan fingerprint density at radius 2 is 0.644 bits per heavy atom. The molecular weight excluding hydrogens is 548 g/mol. The fourth-order valence-electron chi connectivity index (χ4n) is 6.84. The van der Waals surface area contributed by atoms with E-state index in [9.17, 15) is 9.59 Å². The molecule has 2 aliphatic carbocycles. The van der Waals surface area contributed by atoms with E-state index in [4.69, 9.17) is 0 Å². The minimum Gasteiger partial charge on any atom is -0.289 e. The lowest BCUT2D eigenvalue weighted by Crippen LogP contribution is -2.11. The summed E-state index contributed by atoms with van der Waals surface area (Å²) in [5.41, 5.74) is 7.27. The molecule has 0 bridgehead atoms. The highest BCUT2D eigenvalue weighted by molar-refractivity contribution is 6.41. The van der Waals surface area contributed by atoms with Gasteiger partial charge in [0.15, 0.2) is 11.6 Å². The van der Waals surface area contributed by atoms with Crippen LogP contribution in [0, 0.1) is 0 Å². The number of ketones is 2. The molecule has 0 heterocycles. The predicted octanol–water partition coefficient (Wildman–Crippen LogP) is 12.4. The van der Waals surface area contributed by atoms with Gasteiger partial charge < -0.3 is 0 Å². The summed E-state index contributed by atoms with van der Waals surface area (Å²) in [5, 5.41) is 8.83. The van der Waals surface area contributed by atoms with Crippen LogP contribution in [0.1, 0.15) is 79.8 Å². The number of benzene rings is 7. The van der Waals surface area contributed by atoms with Crippen LogP contribution in [0.5, 0.6) is 0 Å². The minimum absolute atomic E-state index is 0.0834. The number of hydrogen-bond donors (Lipinski definition) is 0. The second-order valence-electron chi connectivity index (χ2n) is 10.6. The normalized spacial score (nSPS) is 11.7. The first kappa shape index (κ1) is 31.3. The van der Waals surface area contributed by atoms with E-state index in [-0.39, 0.29) is 11.6 Å². The molecule has 2 heteroatoms. The number of hydrogen-bond acceptors (Lipinski definition) is 2. The van der Waals surface area contributed by atoms with Crippen molar-refractivity contribution in [1.29, 1.82) is 0 Å². The van der Waals surface area contributed by atoms with Crippen LogP contribution in [0.15, 0.2) is 110 Å². The average molecular weight is 589 g/mol. The third-order valence-electron chi connectivity index (χ3n) is 8.31.